The van der Waals surface area contributed by atoms with Crippen molar-refractivity contribution in [1.29, 1.82) is 0 Å². The smallest absolute Gasteiger partial charge is 0.134 e. The number of ether oxygens (including phenoxy) is 1. The lowest BCUT2D eigenvalue weighted by atomic mass is 9.89. The fraction of sp³-hybridized carbons (Fsp3) is 0.429. The number of fused-ring (bicyclic) bond motifs is 1. The van der Waals surface area contributed by atoms with Crippen molar-refractivity contribution in [1.82, 2.24) is 15.0 Å². The molecule has 1 aromatic heterocycles. The maximum atomic E-state index is 9.99. The van der Waals surface area contributed by atoms with Gasteiger partial charge in [-0.2, -0.15) is 0 Å². The van der Waals surface area contributed by atoms with E-state index in [2.05, 4.69) is 10.3 Å². The number of aryl methyl sites for hydroxylation is 2. The summed E-state index contributed by atoms with van der Waals surface area (Å²) < 4.78 is 7.34. The lowest BCUT2D eigenvalue weighted by molar-refractivity contribution is 0.156. The molecule has 1 aliphatic rings. The summed E-state index contributed by atoms with van der Waals surface area (Å²) >= 11 is 0. The third kappa shape index (κ3) is 2.61. The second-order valence-electron chi connectivity index (χ2n) is 4.94. The first-order chi connectivity index (χ1) is 9.22. The number of hydrogen-bond acceptors (Lipinski definition) is 4. The van der Waals surface area contributed by atoms with E-state index in [1.807, 2.05) is 31.4 Å². The highest BCUT2D eigenvalue weighted by Gasteiger charge is 2.18. The van der Waals surface area contributed by atoms with Crippen LogP contribution in [0.3, 0.4) is 0 Å². The van der Waals surface area contributed by atoms with Gasteiger partial charge < -0.3 is 9.84 Å². The molecule has 1 aliphatic carbocycles. The van der Waals surface area contributed by atoms with Crippen molar-refractivity contribution in [3.8, 4) is 5.75 Å². The highest BCUT2D eigenvalue weighted by atomic mass is 16.5. The number of nitrogens with zero attached hydrogens (tertiary/aromatic N) is 3. The summed E-state index contributed by atoms with van der Waals surface area (Å²) in [6, 6.07) is 5.94. The van der Waals surface area contributed by atoms with Gasteiger partial charge in [-0.3, -0.25) is 4.68 Å². The molecule has 0 bridgehead atoms. The van der Waals surface area contributed by atoms with E-state index in [1.54, 1.807) is 4.68 Å². The molecule has 0 aliphatic heterocycles. The molecule has 1 aromatic carbocycles. The normalized spacial score (nSPS) is 18.1. The van der Waals surface area contributed by atoms with E-state index >= 15 is 0 Å². The summed E-state index contributed by atoms with van der Waals surface area (Å²) in [5.41, 5.74) is 3.02. The minimum absolute atomic E-state index is 0.358. The standard InChI is InChI=1S/C14H17N3O2/c1-17-8-11(15-16-17)9-19-12-6-5-10-3-2-4-14(18)13(10)7-12/h5-8,14,18H,2-4,9H2,1H3/t14-/m1/s1. The third-order valence-corrected chi connectivity index (χ3v) is 3.44. The predicted octanol–water partition coefficient (Wildman–Crippen LogP) is 1.76. The summed E-state index contributed by atoms with van der Waals surface area (Å²) in [4.78, 5) is 0. The molecule has 0 amide bonds. The summed E-state index contributed by atoms with van der Waals surface area (Å²) in [6.45, 7) is 0.392. The van der Waals surface area contributed by atoms with E-state index < -0.39 is 0 Å². The van der Waals surface area contributed by atoms with Crippen LogP contribution in [0.5, 0.6) is 5.75 Å². The van der Waals surface area contributed by atoms with Crippen LogP contribution in [0, 0.1) is 0 Å². The van der Waals surface area contributed by atoms with Crippen LogP contribution in [0.15, 0.2) is 24.4 Å². The molecule has 1 atom stereocenters. The van der Waals surface area contributed by atoms with Crippen molar-refractivity contribution in [2.75, 3.05) is 0 Å². The first-order valence-electron chi connectivity index (χ1n) is 6.51. The monoisotopic (exact) mass is 259 g/mol. The summed E-state index contributed by atoms with van der Waals surface area (Å²) in [7, 11) is 1.83. The average molecular weight is 259 g/mol. The maximum absolute atomic E-state index is 9.99. The third-order valence-electron chi connectivity index (χ3n) is 3.44. The van der Waals surface area contributed by atoms with E-state index in [4.69, 9.17) is 4.74 Å². The number of benzene rings is 1. The van der Waals surface area contributed by atoms with E-state index in [0.717, 1.165) is 36.3 Å². The van der Waals surface area contributed by atoms with Gasteiger partial charge in [0.2, 0.25) is 0 Å². The highest BCUT2D eigenvalue weighted by molar-refractivity contribution is 5.38. The minimum atomic E-state index is -0.358. The van der Waals surface area contributed by atoms with E-state index in [1.165, 1.54) is 5.56 Å². The van der Waals surface area contributed by atoms with Crippen LogP contribution in [-0.2, 0) is 20.1 Å². The molecule has 19 heavy (non-hydrogen) atoms. The Morgan fingerprint density at radius 3 is 3.16 bits per heavy atom. The van der Waals surface area contributed by atoms with E-state index in [9.17, 15) is 5.11 Å². The van der Waals surface area contributed by atoms with Crippen molar-refractivity contribution in [3.05, 3.63) is 41.2 Å². The highest BCUT2D eigenvalue weighted by Crippen LogP contribution is 2.32. The topological polar surface area (TPSA) is 60.2 Å². The van der Waals surface area contributed by atoms with Crippen molar-refractivity contribution >= 4 is 0 Å². The Morgan fingerprint density at radius 1 is 1.47 bits per heavy atom. The minimum Gasteiger partial charge on any atom is -0.487 e. The molecule has 2 aromatic rings. The Hall–Kier alpha value is -1.88. The SMILES string of the molecule is Cn1cc(COc2ccc3c(c2)[C@H](O)CCC3)nn1. The zero-order valence-corrected chi connectivity index (χ0v) is 10.9. The Bertz CT molecular complexity index is 580. The number of aromatic nitrogens is 3. The molecule has 0 unspecified atom stereocenters. The number of hydrogen-bond donors (Lipinski definition) is 1. The van der Waals surface area contributed by atoms with Crippen LogP contribution in [0.4, 0.5) is 0 Å². The average Bonchev–Trinajstić information content (AvgIpc) is 2.83. The Balaban J connectivity index is 1.73. The molecule has 1 heterocycles. The van der Waals surface area contributed by atoms with Gasteiger partial charge >= 0.3 is 0 Å². The summed E-state index contributed by atoms with van der Waals surface area (Å²) in [5.74, 6) is 0.769. The first-order valence-corrected chi connectivity index (χ1v) is 6.51. The van der Waals surface area contributed by atoms with Gasteiger partial charge in [-0.15, -0.1) is 5.10 Å². The second-order valence-corrected chi connectivity index (χ2v) is 4.94. The molecule has 3 rings (SSSR count). The van der Waals surface area contributed by atoms with Crippen LogP contribution in [0.25, 0.3) is 0 Å². The first kappa shape index (κ1) is 12.2. The molecule has 100 valence electrons. The van der Waals surface area contributed by atoms with Crippen LogP contribution in [-0.4, -0.2) is 20.1 Å². The Labute approximate surface area is 111 Å². The fourth-order valence-electron chi connectivity index (χ4n) is 2.46. The lowest BCUT2D eigenvalue weighted by Crippen LogP contribution is -2.09. The van der Waals surface area contributed by atoms with E-state index in [-0.39, 0.29) is 6.10 Å². The number of aliphatic hydroxyl groups excluding tert-OH is 1. The quantitative estimate of drug-likeness (QED) is 0.912. The summed E-state index contributed by atoms with van der Waals surface area (Å²) in [5, 5.41) is 17.8. The molecule has 0 saturated carbocycles. The molecule has 5 nitrogen and oxygen atoms in total. The fourth-order valence-corrected chi connectivity index (χ4v) is 2.46. The van der Waals surface area contributed by atoms with Crippen LogP contribution < -0.4 is 4.74 Å². The van der Waals surface area contributed by atoms with Crippen molar-refractivity contribution in [3.63, 3.8) is 0 Å². The maximum Gasteiger partial charge on any atom is 0.134 e. The van der Waals surface area contributed by atoms with Crippen LogP contribution >= 0.6 is 0 Å². The van der Waals surface area contributed by atoms with Gasteiger partial charge in [0, 0.05) is 7.05 Å². The second kappa shape index (κ2) is 5.01. The summed E-state index contributed by atoms with van der Waals surface area (Å²) in [6.07, 6.45) is 4.39. The van der Waals surface area contributed by atoms with Crippen LogP contribution in [0.2, 0.25) is 0 Å². The molecule has 0 spiro atoms. The molecular formula is C14H17N3O2. The zero-order chi connectivity index (χ0) is 13.2. The molecule has 1 N–H and O–H groups in total. The molecular weight excluding hydrogens is 242 g/mol. The van der Waals surface area contributed by atoms with Crippen molar-refractivity contribution < 1.29 is 9.84 Å². The van der Waals surface area contributed by atoms with Gasteiger partial charge in [-0.1, -0.05) is 11.3 Å². The lowest BCUT2D eigenvalue weighted by Gasteiger charge is -2.21. The number of rotatable bonds is 3. The largest absolute Gasteiger partial charge is 0.487 e. The van der Waals surface area contributed by atoms with Crippen molar-refractivity contribution in [2.45, 2.75) is 32.0 Å². The molecule has 0 saturated heterocycles. The molecule has 5 heteroatoms. The zero-order valence-electron chi connectivity index (χ0n) is 10.9. The number of aliphatic hydroxyl groups is 1. The molecule has 0 radical (unpaired) electrons. The van der Waals surface area contributed by atoms with Crippen LogP contribution in [0.1, 0.15) is 35.8 Å². The Kier molecular flexibility index (Phi) is 3.21. The van der Waals surface area contributed by atoms with Gasteiger partial charge in [-0.25, -0.2) is 0 Å². The van der Waals surface area contributed by atoms with Gasteiger partial charge in [0.15, 0.2) is 0 Å². The predicted molar refractivity (Wildman–Crippen MR) is 69.7 cm³/mol. The Morgan fingerprint density at radius 2 is 2.37 bits per heavy atom. The van der Waals surface area contributed by atoms with E-state index in [0.29, 0.717) is 6.61 Å². The van der Waals surface area contributed by atoms with Crippen molar-refractivity contribution in [2.24, 2.45) is 7.05 Å². The van der Waals surface area contributed by atoms with Gasteiger partial charge in [0.05, 0.1) is 12.3 Å². The van der Waals surface area contributed by atoms with Gasteiger partial charge in [0.25, 0.3) is 0 Å². The van der Waals surface area contributed by atoms with Gasteiger partial charge in [0.1, 0.15) is 18.1 Å². The van der Waals surface area contributed by atoms with Gasteiger partial charge in [-0.05, 0) is 42.5 Å². The molecule has 0 fully saturated rings.